The van der Waals surface area contributed by atoms with E-state index in [1.165, 1.54) is 0 Å². The van der Waals surface area contributed by atoms with Gasteiger partial charge in [0.1, 0.15) is 13.0 Å². The number of nitrogens with zero attached hydrogens (tertiary/aromatic N) is 3. The molecule has 0 bridgehead atoms. The summed E-state index contributed by atoms with van der Waals surface area (Å²) in [5.74, 6) is -0.836. The fourth-order valence-electron chi connectivity index (χ4n) is 5.31. The summed E-state index contributed by atoms with van der Waals surface area (Å²) in [6, 6.07) is 16.5. The maximum Gasteiger partial charge on any atom is 0.418 e. The van der Waals surface area contributed by atoms with Crippen LogP contribution in [0.5, 0.6) is 0 Å². The van der Waals surface area contributed by atoms with Crippen LogP contribution in [-0.2, 0) is 37.7 Å². The first-order valence-corrected chi connectivity index (χ1v) is 12.5. The molecule has 3 aliphatic rings. The third-order valence-electron chi connectivity index (χ3n) is 7.49. The highest BCUT2D eigenvalue weighted by Gasteiger charge is 2.58. The quantitative estimate of drug-likeness (QED) is 0.593. The topological polar surface area (TPSA) is 120 Å². The van der Waals surface area contributed by atoms with Gasteiger partial charge in [-0.25, -0.2) is 9.69 Å². The maximum atomic E-state index is 13.6. The van der Waals surface area contributed by atoms with Gasteiger partial charge < -0.3 is 15.0 Å². The van der Waals surface area contributed by atoms with Gasteiger partial charge in [-0.05, 0) is 55.4 Å². The second-order valence-electron chi connectivity index (χ2n) is 9.93. The zero-order valence-corrected chi connectivity index (χ0v) is 20.6. The highest BCUT2D eigenvalue weighted by molar-refractivity contribution is 6.06. The summed E-state index contributed by atoms with van der Waals surface area (Å²) in [5.41, 5.74) is 1.36. The van der Waals surface area contributed by atoms with Gasteiger partial charge in [0.05, 0.1) is 6.07 Å². The minimum atomic E-state index is -1.46. The van der Waals surface area contributed by atoms with E-state index in [1.54, 1.807) is 29.2 Å². The van der Waals surface area contributed by atoms with E-state index >= 15 is 0 Å². The fourth-order valence-corrected chi connectivity index (χ4v) is 5.31. The Bertz CT molecular complexity index is 1300. The third kappa shape index (κ3) is 4.67. The molecule has 1 saturated heterocycles. The van der Waals surface area contributed by atoms with Gasteiger partial charge in [-0.1, -0.05) is 36.4 Å². The number of hydrogen-bond donors (Lipinski definition) is 1. The maximum absolute atomic E-state index is 13.6. The van der Waals surface area contributed by atoms with Crippen LogP contribution in [0.3, 0.4) is 0 Å². The van der Waals surface area contributed by atoms with Crippen molar-refractivity contribution in [1.82, 2.24) is 9.80 Å². The second kappa shape index (κ2) is 9.69. The van der Waals surface area contributed by atoms with Crippen LogP contribution >= 0.6 is 0 Å². The molecule has 0 radical (unpaired) electrons. The smallest absolute Gasteiger partial charge is 0.418 e. The number of amides is 4. The first kappa shape index (κ1) is 24.5. The molecule has 9 heteroatoms. The lowest BCUT2D eigenvalue weighted by atomic mass is 9.94. The summed E-state index contributed by atoms with van der Waals surface area (Å²) < 4.78 is 5.68. The number of nitrogens with one attached hydrogen (secondary N) is 1. The number of rotatable bonds is 8. The van der Waals surface area contributed by atoms with Gasteiger partial charge in [0.15, 0.2) is 0 Å². The minimum Gasteiger partial charge on any atom is -0.427 e. The number of nitriles is 1. The van der Waals surface area contributed by atoms with Crippen LogP contribution in [0.25, 0.3) is 0 Å². The van der Waals surface area contributed by atoms with Crippen LogP contribution in [0.4, 0.5) is 10.5 Å². The molecule has 190 valence electrons. The Morgan fingerprint density at radius 2 is 1.97 bits per heavy atom. The Hall–Kier alpha value is -4.19. The zero-order valence-electron chi connectivity index (χ0n) is 20.6. The molecule has 1 N–H and O–H groups in total. The molecular formula is C28H28N4O5. The Morgan fingerprint density at radius 3 is 2.68 bits per heavy atom. The van der Waals surface area contributed by atoms with Gasteiger partial charge >= 0.3 is 6.09 Å². The number of carbonyl (C=O) groups excluding carboxylic acids is 4. The van der Waals surface area contributed by atoms with Gasteiger partial charge in [0, 0.05) is 30.3 Å². The molecule has 1 unspecified atom stereocenters. The molecule has 2 aromatic carbocycles. The monoisotopic (exact) mass is 500 g/mol. The summed E-state index contributed by atoms with van der Waals surface area (Å²) in [6.45, 7) is 2.05. The molecule has 37 heavy (non-hydrogen) atoms. The van der Waals surface area contributed by atoms with E-state index < -0.39 is 23.5 Å². The first-order chi connectivity index (χ1) is 17.8. The molecule has 4 amide bonds. The number of hydrogen-bond acceptors (Lipinski definition) is 6. The Kier molecular flexibility index (Phi) is 6.42. The van der Waals surface area contributed by atoms with E-state index in [4.69, 9.17) is 10.00 Å². The SMILES string of the molecule is C[C@@H](C1CC1)N(Cc1ccccc1)C(=O)CN1C(=O)OC2(CCc3cc(NC(=O)CC#N)ccc32)C1=O. The predicted octanol–water partition coefficient (Wildman–Crippen LogP) is 3.49. The number of fused-ring (bicyclic) bond motifs is 2. The molecule has 2 aromatic rings. The lowest BCUT2D eigenvalue weighted by Crippen LogP contribution is -2.47. The van der Waals surface area contributed by atoms with Crippen molar-refractivity contribution in [3.63, 3.8) is 0 Å². The average Bonchev–Trinajstić information content (AvgIpc) is 3.64. The van der Waals surface area contributed by atoms with E-state index in [9.17, 15) is 19.2 Å². The van der Waals surface area contributed by atoms with Crippen LogP contribution in [0.1, 0.15) is 49.3 Å². The second-order valence-corrected chi connectivity index (χ2v) is 9.93. The first-order valence-electron chi connectivity index (χ1n) is 12.5. The standard InChI is InChI=1S/C28H28N4O5/c1-18(20-7-8-20)31(16-19-5-3-2-4-6-19)25(34)17-32-26(35)28(37-27(32)36)13-11-21-15-22(9-10-23(21)28)30-24(33)12-14-29/h2-6,9-10,15,18,20H,7-8,11-13,16-17H2,1H3,(H,30,33)/t18-,28?/m0/s1. The van der Waals surface area contributed by atoms with Crippen LogP contribution in [0, 0.1) is 17.2 Å². The highest BCUT2D eigenvalue weighted by atomic mass is 16.6. The molecule has 1 spiro atoms. The Balaban J connectivity index is 1.34. The Morgan fingerprint density at radius 1 is 1.22 bits per heavy atom. The predicted molar refractivity (Wildman–Crippen MR) is 133 cm³/mol. The van der Waals surface area contributed by atoms with E-state index in [0.717, 1.165) is 28.9 Å². The van der Waals surface area contributed by atoms with E-state index in [0.29, 0.717) is 30.1 Å². The molecule has 2 aliphatic carbocycles. The van der Waals surface area contributed by atoms with Crippen LogP contribution in [0.15, 0.2) is 48.5 Å². The fraction of sp³-hybridized carbons (Fsp3) is 0.393. The third-order valence-corrected chi connectivity index (χ3v) is 7.49. The van der Waals surface area contributed by atoms with E-state index in [2.05, 4.69) is 5.32 Å². The summed E-state index contributed by atoms with van der Waals surface area (Å²) in [6.07, 6.45) is 1.76. The molecular weight excluding hydrogens is 472 g/mol. The normalized spacial score (nSPS) is 20.8. The molecule has 2 fully saturated rings. The van der Waals surface area contributed by atoms with E-state index in [-0.39, 0.29) is 31.3 Å². The number of imide groups is 1. The van der Waals surface area contributed by atoms with Gasteiger partial charge in [0.2, 0.25) is 17.4 Å². The summed E-state index contributed by atoms with van der Waals surface area (Å²) in [7, 11) is 0. The number of carbonyl (C=O) groups is 4. The van der Waals surface area contributed by atoms with Gasteiger partial charge in [-0.3, -0.25) is 14.4 Å². The van der Waals surface area contributed by atoms with Gasteiger partial charge in [0.25, 0.3) is 5.91 Å². The van der Waals surface area contributed by atoms with Crippen LogP contribution in [-0.4, -0.2) is 46.2 Å². The summed E-state index contributed by atoms with van der Waals surface area (Å²) in [4.78, 5) is 54.4. The largest absolute Gasteiger partial charge is 0.427 e. The van der Waals surface area contributed by atoms with Crippen LogP contribution in [0.2, 0.25) is 0 Å². The van der Waals surface area contributed by atoms with Crippen molar-refractivity contribution < 1.29 is 23.9 Å². The molecule has 9 nitrogen and oxygen atoms in total. The number of anilines is 1. The van der Waals surface area contributed by atoms with Crippen molar-refractivity contribution in [2.24, 2.45) is 5.92 Å². The van der Waals surface area contributed by atoms with Crippen molar-refractivity contribution in [2.75, 3.05) is 11.9 Å². The molecule has 5 rings (SSSR count). The van der Waals surface area contributed by atoms with Crippen molar-refractivity contribution in [1.29, 1.82) is 5.26 Å². The highest BCUT2D eigenvalue weighted by Crippen LogP contribution is 2.46. The molecule has 1 saturated carbocycles. The number of aryl methyl sites for hydroxylation is 1. The zero-order chi connectivity index (χ0) is 26.2. The van der Waals surface area contributed by atoms with Crippen molar-refractivity contribution in [2.45, 2.75) is 57.2 Å². The molecule has 2 atom stereocenters. The van der Waals surface area contributed by atoms with Gasteiger partial charge in [-0.15, -0.1) is 0 Å². The summed E-state index contributed by atoms with van der Waals surface area (Å²) >= 11 is 0. The van der Waals surface area contributed by atoms with E-state index in [1.807, 2.05) is 37.3 Å². The lowest BCUT2D eigenvalue weighted by Gasteiger charge is -2.30. The van der Waals surface area contributed by atoms with Gasteiger partial charge in [-0.2, -0.15) is 5.26 Å². The van der Waals surface area contributed by atoms with Crippen molar-refractivity contribution in [3.05, 3.63) is 65.2 Å². The van der Waals surface area contributed by atoms with Crippen molar-refractivity contribution in [3.8, 4) is 6.07 Å². The molecule has 1 heterocycles. The minimum absolute atomic E-state index is 0.00253. The average molecular weight is 501 g/mol. The summed E-state index contributed by atoms with van der Waals surface area (Å²) in [5, 5.41) is 11.3. The van der Waals surface area contributed by atoms with Crippen LogP contribution < -0.4 is 5.32 Å². The molecule has 0 aromatic heterocycles. The lowest BCUT2D eigenvalue weighted by molar-refractivity contribution is -0.143. The van der Waals surface area contributed by atoms with Crippen molar-refractivity contribution >= 4 is 29.5 Å². The number of ether oxygens (including phenoxy) is 1. The molecule has 1 aliphatic heterocycles. The number of benzene rings is 2. The Labute approximate surface area is 215 Å².